The summed E-state index contributed by atoms with van der Waals surface area (Å²) in [4.78, 5) is 11.9. The highest BCUT2D eigenvalue weighted by molar-refractivity contribution is 5.89. The first kappa shape index (κ1) is 14.1. The Hall–Kier alpha value is -2.89. The molecule has 0 saturated heterocycles. The van der Waals surface area contributed by atoms with E-state index in [-0.39, 0.29) is 12.5 Å². The number of nitrogens with one attached hydrogen (secondary N) is 1. The van der Waals surface area contributed by atoms with Crippen LogP contribution in [0.5, 0.6) is 0 Å². The summed E-state index contributed by atoms with van der Waals surface area (Å²) in [6, 6.07) is 11.8. The summed E-state index contributed by atoms with van der Waals surface area (Å²) in [6.45, 7) is 2.79. The van der Waals surface area contributed by atoms with E-state index in [9.17, 15) is 4.79 Å². The van der Waals surface area contributed by atoms with Gasteiger partial charge in [0, 0.05) is 18.5 Å². The second-order valence-corrected chi connectivity index (χ2v) is 5.15. The second kappa shape index (κ2) is 6.26. The Morgan fingerprint density at radius 1 is 1.18 bits per heavy atom. The lowest BCUT2D eigenvalue weighted by Gasteiger charge is -2.03. The summed E-state index contributed by atoms with van der Waals surface area (Å²) in [7, 11) is 0. The molecule has 0 bridgehead atoms. The van der Waals surface area contributed by atoms with E-state index >= 15 is 0 Å². The number of hydrogen-bond donors (Lipinski definition) is 1. The van der Waals surface area contributed by atoms with Crippen molar-refractivity contribution < 1.29 is 4.79 Å². The molecule has 2 aromatic heterocycles. The van der Waals surface area contributed by atoms with Gasteiger partial charge < -0.3 is 5.32 Å². The molecule has 0 aliphatic carbocycles. The maximum Gasteiger partial charge on any atom is 0.247 e. The number of rotatable bonds is 5. The molecule has 6 heteroatoms. The maximum atomic E-state index is 11.9. The van der Waals surface area contributed by atoms with Crippen molar-refractivity contribution in [3.8, 4) is 0 Å². The first-order valence-corrected chi connectivity index (χ1v) is 7.05. The molecule has 3 aromatic rings. The lowest BCUT2D eigenvalue weighted by atomic mass is 10.2. The van der Waals surface area contributed by atoms with Gasteiger partial charge in [0.15, 0.2) is 5.82 Å². The third kappa shape index (κ3) is 3.60. The van der Waals surface area contributed by atoms with Gasteiger partial charge in [-0.3, -0.25) is 14.2 Å². The van der Waals surface area contributed by atoms with Gasteiger partial charge in [-0.15, -0.1) is 0 Å². The Morgan fingerprint density at radius 3 is 2.73 bits per heavy atom. The molecule has 1 amide bonds. The Kier molecular flexibility index (Phi) is 4.00. The molecule has 0 atom stereocenters. The lowest BCUT2D eigenvalue weighted by molar-refractivity contribution is -0.116. The molecule has 1 aromatic carbocycles. The molecular formula is C16H17N5O. The minimum Gasteiger partial charge on any atom is -0.308 e. The zero-order valence-electron chi connectivity index (χ0n) is 12.3. The summed E-state index contributed by atoms with van der Waals surface area (Å²) in [5.74, 6) is 0.401. The third-order valence-corrected chi connectivity index (χ3v) is 3.16. The zero-order valence-corrected chi connectivity index (χ0v) is 12.3. The van der Waals surface area contributed by atoms with E-state index in [1.807, 2.05) is 49.6 Å². The first-order valence-electron chi connectivity index (χ1n) is 7.05. The first-order chi connectivity index (χ1) is 10.7. The van der Waals surface area contributed by atoms with Crippen LogP contribution in [0.4, 0.5) is 5.82 Å². The van der Waals surface area contributed by atoms with Gasteiger partial charge in [0.05, 0.1) is 12.7 Å². The maximum absolute atomic E-state index is 11.9. The largest absolute Gasteiger partial charge is 0.308 e. The quantitative estimate of drug-likeness (QED) is 0.783. The molecule has 6 nitrogen and oxygen atoms in total. The molecular weight excluding hydrogens is 278 g/mol. The van der Waals surface area contributed by atoms with Crippen molar-refractivity contribution in [2.75, 3.05) is 5.32 Å². The number of nitrogens with zero attached hydrogens (tertiary/aromatic N) is 4. The van der Waals surface area contributed by atoms with Crippen molar-refractivity contribution >= 4 is 11.7 Å². The highest BCUT2D eigenvalue weighted by atomic mass is 16.2. The average Bonchev–Trinajstić information content (AvgIpc) is 3.09. The van der Waals surface area contributed by atoms with Crippen molar-refractivity contribution in [3.05, 3.63) is 66.1 Å². The van der Waals surface area contributed by atoms with E-state index in [1.165, 1.54) is 0 Å². The van der Waals surface area contributed by atoms with Gasteiger partial charge in [-0.1, -0.05) is 30.3 Å². The van der Waals surface area contributed by atoms with Crippen LogP contribution in [-0.2, 0) is 17.9 Å². The molecule has 0 aliphatic heterocycles. The molecule has 112 valence electrons. The van der Waals surface area contributed by atoms with Crippen molar-refractivity contribution in [1.82, 2.24) is 19.6 Å². The number of carbonyl (C=O) groups is 1. The number of anilines is 1. The molecule has 0 fully saturated rings. The van der Waals surface area contributed by atoms with Gasteiger partial charge in [0.25, 0.3) is 0 Å². The Morgan fingerprint density at radius 2 is 2.00 bits per heavy atom. The molecule has 3 rings (SSSR count). The van der Waals surface area contributed by atoms with Crippen LogP contribution < -0.4 is 5.32 Å². The fourth-order valence-electron chi connectivity index (χ4n) is 2.17. The van der Waals surface area contributed by atoms with Crippen LogP contribution in [0.15, 0.2) is 55.0 Å². The smallest absolute Gasteiger partial charge is 0.247 e. The molecule has 22 heavy (non-hydrogen) atoms. The van der Waals surface area contributed by atoms with Crippen LogP contribution in [0.1, 0.15) is 11.1 Å². The standard InChI is InChI=1S/C16H17N5O/c1-13-9-17-21(10-13)12-16(22)18-15-7-8-20(19-15)11-14-5-3-2-4-6-14/h2-10H,11-12H2,1H3,(H,18,19,22). The van der Waals surface area contributed by atoms with E-state index in [1.54, 1.807) is 21.6 Å². The lowest BCUT2D eigenvalue weighted by Crippen LogP contribution is -2.19. The van der Waals surface area contributed by atoms with Crippen LogP contribution in [0, 0.1) is 6.92 Å². The van der Waals surface area contributed by atoms with Gasteiger partial charge in [0.1, 0.15) is 6.54 Å². The van der Waals surface area contributed by atoms with Gasteiger partial charge in [0.2, 0.25) is 5.91 Å². The van der Waals surface area contributed by atoms with Gasteiger partial charge in [-0.05, 0) is 18.1 Å². The molecule has 0 radical (unpaired) electrons. The van der Waals surface area contributed by atoms with Crippen molar-refractivity contribution in [1.29, 1.82) is 0 Å². The predicted octanol–water partition coefficient (Wildman–Crippen LogP) is 2.08. The predicted molar refractivity (Wildman–Crippen MR) is 83.4 cm³/mol. The number of benzene rings is 1. The third-order valence-electron chi connectivity index (χ3n) is 3.16. The van der Waals surface area contributed by atoms with Crippen molar-refractivity contribution in [3.63, 3.8) is 0 Å². The van der Waals surface area contributed by atoms with E-state index in [0.29, 0.717) is 12.4 Å². The number of amides is 1. The van der Waals surface area contributed by atoms with Crippen LogP contribution in [0.2, 0.25) is 0 Å². The molecule has 1 N–H and O–H groups in total. The average molecular weight is 295 g/mol. The van der Waals surface area contributed by atoms with Gasteiger partial charge >= 0.3 is 0 Å². The Labute approximate surface area is 128 Å². The number of hydrogen-bond acceptors (Lipinski definition) is 3. The fourth-order valence-corrected chi connectivity index (χ4v) is 2.17. The van der Waals surface area contributed by atoms with Crippen LogP contribution in [0.25, 0.3) is 0 Å². The SMILES string of the molecule is Cc1cnn(CC(=O)Nc2ccn(Cc3ccccc3)n2)c1. The zero-order chi connectivity index (χ0) is 15.4. The van der Waals surface area contributed by atoms with Gasteiger partial charge in [-0.2, -0.15) is 10.2 Å². The molecule has 0 spiro atoms. The molecule has 0 unspecified atom stereocenters. The Balaban J connectivity index is 1.58. The fraction of sp³-hybridized carbons (Fsp3) is 0.188. The number of aryl methyl sites for hydroxylation is 1. The minimum absolute atomic E-state index is 0.145. The topological polar surface area (TPSA) is 64.7 Å². The summed E-state index contributed by atoms with van der Waals surface area (Å²) < 4.78 is 3.40. The number of carbonyl (C=O) groups excluding carboxylic acids is 1. The highest BCUT2D eigenvalue weighted by Gasteiger charge is 2.07. The van der Waals surface area contributed by atoms with Gasteiger partial charge in [-0.25, -0.2) is 0 Å². The Bertz CT molecular complexity index is 760. The van der Waals surface area contributed by atoms with Crippen LogP contribution >= 0.6 is 0 Å². The second-order valence-electron chi connectivity index (χ2n) is 5.15. The van der Waals surface area contributed by atoms with E-state index < -0.39 is 0 Å². The molecule has 0 saturated carbocycles. The minimum atomic E-state index is -0.145. The summed E-state index contributed by atoms with van der Waals surface area (Å²) in [6.07, 6.45) is 5.40. The number of aromatic nitrogens is 4. The summed E-state index contributed by atoms with van der Waals surface area (Å²) in [5.41, 5.74) is 2.19. The van der Waals surface area contributed by atoms with Crippen LogP contribution in [-0.4, -0.2) is 25.5 Å². The van der Waals surface area contributed by atoms with E-state index in [0.717, 1.165) is 11.1 Å². The summed E-state index contributed by atoms with van der Waals surface area (Å²) in [5, 5.41) is 11.2. The molecule has 2 heterocycles. The monoisotopic (exact) mass is 295 g/mol. The highest BCUT2D eigenvalue weighted by Crippen LogP contribution is 2.06. The van der Waals surface area contributed by atoms with E-state index in [2.05, 4.69) is 15.5 Å². The van der Waals surface area contributed by atoms with Crippen molar-refractivity contribution in [2.45, 2.75) is 20.0 Å². The normalized spacial score (nSPS) is 10.6. The molecule has 0 aliphatic rings. The van der Waals surface area contributed by atoms with Crippen LogP contribution in [0.3, 0.4) is 0 Å². The summed E-state index contributed by atoms with van der Waals surface area (Å²) >= 11 is 0. The van der Waals surface area contributed by atoms with E-state index in [4.69, 9.17) is 0 Å². The van der Waals surface area contributed by atoms with Crippen molar-refractivity contribution in [2.24, 2.45) is 0 Å².